The number of hydrogen-bond donors (Lipinski definition) is 0. The molecule has 1 heterocycles. The van der Waals surface area contributed by atoms with Crippen molar-refractivity contribution in [2.45, 2.75) is 29.4 Å². The highest BCUT2D eigenvalue weighted by molar-refractivity contribution is 7.92. The molecule has 1 aliphatic carbocycles. The van der Waals surface area contributed by atoms with Crippen molar-refractivity contribution in [1.82, 2.24) is 4.90 Å². The summed E-state index contributed by atoms with van der Waals surface area (Å²) < 4.78 is 30.5. The fourth-order valence-electron chi connectivity index (χ4n) is 3.29. The van der Waals surface area contributed by atoms with Gasteiger partial charge >= 0.3 is 0 Å². The van der Waals surface area contributed by atoms with Crippen molar-refractivity contribution in [1.29, 1.82) is 0 Å². The zero-order valence-corrected chi connectivity index (χ0v) is 13.3. The smallest absolute Gasteiger partial charge is 0.225 e. The highest BCUT2D eigenvalue weighted by Gasteiger charge is 2.39. The van der Waals surface area contributed by atoms with Gasteiger partial charge in [-0.15, -0.1) is 0 Å². The van der Waals surface area contributed by atoms with Crippen molar-refractivity contribution < 1.29 is 17.9 Å². The van der Waals surface area contributed by atoms with Gasteiger partial charge in [0.2, 0.25) is 5.91 Å². The molecule has 1 saturated heterocycles. The van der Waals surface area contributed by atoms with Gasteiger partial charge in [0.25, 0.3) is 0 Å². The third kappa shape index (κ3) is 3.03. The third-order valence-corrected chi connectivity index (χ3v) is 6.80. The van der Waals surface area contributed by atoms with Crippen molar-refractivity contribution in [2.24, 2.45) is 5.92 Å². The summed E-state index contributed by atoms with van der Waals surface area (Å²) in [5.74, 6) is -0.0735. The van der Waals surface area contributed by atoms with Crippen molar-refractivity contribution in [2.75, 3.05) is 26.3 Å². The van der Waals surface area contributed by atoms with E-state index in [1.807, 2.05) is 4.90 Å². The Hall–Kier alpha value is -1.40. The number of hydrogen-bond acceptors (Lipinski definition) is 4. The molecule has 1 aromatic rings. The Morgan fingerprint density at radius 1 is 1.09 bits per heavy atom. The number of carbonyl (C=O) groups excluding carboxylic acids is 1. The van der Waals surface area contributed by atoms with Crippen molar-refractivity contribution >= 4 is 15.7 Å². The second-order valence-corrected chi connectivity index (χ2v) is 8.16. The Labute approximate surface area is 131 Å². The molecule has 2 atom stereocenters. The molecule has 5 nitrogen and oxygen atoms in total. The Bertz CT molecular complexity index is 623. The Morgan fingerprint density at radius 2 is 1.77 bits per heavy atom. The molecule has 120 valence electrons. The zero-order chi connectivity index (χ0) is 15.6. The minimum absolute atomic E-state index is 0.0917. The zero-order valence-electron chi connectivity index (χ0n) is 12.5. The average Bonchev–Trinajstić information content (AvgIpc) is 3.06. The van der Waals surface area contributed by atoms with Crippen LogP contribution in [0.5, 0.6) is 0 Å². The summed E-state index contributed by atoms with van der Waals surface area (Å²) in [4.78, 5) is 14.7. The van der Waals surface area contributed by atoms with E-state index < -0.39 is 15.1 Å². The number of amides is 1. The summed E-state index contributed by atoms with van der Waals surface area (Å²) in [6.45, 7) is 2.38. The maximum Gasteiger partial charge on any atom is 0.225 e. The summed E-state index contributed by atoms with van der Waals surface area (Å²) in [7, 11) is -3.33. The predicted octanol–water partition coefficient (Wildman–Crippen LogP) is 1.49. The summed E-state index contributed by atoms with van der Waals surface area (Å²) in [6.07, 6.45) is 1.66. The number of rotatable bonds is 3. The molecular formula is C16H21NO4S. The number of nitrogens with zero attached hydrogens (tertiary/aromatic N) is 1. The van der Waals surface area contributed by atoms with Gasteiger partial charge in [-0.3, -0.25) is 4.79 Å². The molecule has 2 aliphatic rings. The fraction of sp³-hybridized carbons (Fsp3) is 0.562. The van der Waals surface area contributed by atoms with E-state index in [9.17, 15) is 13.2 Å². The highest BCUT2D eigenvalue weighted by Crippen LogP contribution is 2.34. The van der Waals surface area contributed by atoms with Crippen LogP contribution in [0.2, 0.25) is 0 Å². The van der Waals surface area contributed by atoms with Gasteiger partial charge in [0, 0.05) is 19.0 Å². The molecule has 1 aromatic carbocycles. The topological polar surface area (TPSA) is 63.7 Å². The van der Waals surface area contributed by atoms with E-state index in [1.165, 1.54) is 0 Å². The second-order valence-electron chi connectivity index (χ2n) is 5.93. The van der Waals surface area contributed by atoms with Crippen LogP contribution in [0.4, 0.5) is 0 Å². The maximum atomic E-state index is 12.6. The third-order valence-electron chi connectivity index (χ3n) is 4.57. The van der Waals surface area contributed by atoms with Crippen LogP contribution in [0.25, 0.3) is 0 Å². The first-order chi connectivity index (χ1) is 10.6. The standard InChI is InChI=1S/C16H21NO4S/c18-16(17-8-10-21-11-9-17)13-6-7-15(12-13)22(19,20)14-4-2-1-3-5-14/h1-5,13,15H,6-12H2. The average molecular weight is 323 g/mol. The van der Waals surface area contributed by atoms with Crippen LogP contribution in [0.15, 0.2) is 35.2 Å². The van der Waals surface area contributed by atoms with Crippen molar-refractivity contribution in [3.05, 3.63) is 30.3 Å². The molecule has 0 N–H and O–H groups in total. The van der Waals surface area contributed by atoms with Gasteiger partial charge in [-0.1, -0.05) is 18.2 Å². The van der Waals surface area contributed by atoms with Gasteiger partial charge in [-0.2, -0.15) is 0 Å². The quantitative estimate of drug-likeness (QED) is 0.845. The fourth-order valence-corrected chi connectivity index (χ4v) is 5.14. The first kappa shape index (κ1) is 15.5. The monoisotopic (exact) mass is 323 g/mol. The number of carbonyl (C=O) groups is 1. The predicted molar refractivity (Wildman–Crippen MR) is 82.2 cm³/mol. The van der Waals surface area contributed by atoms with E-state index in [4.69, 9.17) is 4.74 Å². The van der Waals surface area contributed by atoms with Crippen LogP contribution in [-0.2, 0) is 19.4 Å². The Kier molecular flexibility index (Phi) is 4.49. The van der Waals surface area contributed by atoms with Crippen molar-refractivity contribution in [3.8, 4) is 0 Å². The lowest BCUT2D eigenvalue weighted by Gasteiger charge is -2.29. The van der Waals surface area contributed by atoms with Gasteiger partial charge in [0.1, 0.15) is 0 Å². The number of benzene rings is 1. The first-order valence-electron chi connectivity index (χ1n) is 7.74. The van der Waals surface area contributed by atoms with E-state index in [2.05, 4.69) is 0 Å². The van der Waals surface area contributed by atoms with Crippen LogP contribution in [-0.4, -0.2) is 50.8 Å². The highest BCUT2D eigenvalue weighted by atomic mass is 32.2. The molecule has 0 aromatic heterocycles. The van der Waals surface area contributed by atoms with E-state index in [-0.39, 0.29) is 11.8 Å². The van der Waals surface area contributed by atoms with E-state index in [0.717, 1.165) is 0 Å². The molecule has 0 bridgehead atoms. The normalized spacial score (nSPS) is 26.1. The second kappa shape index (κ2) is 6.38. The molecule has 0 radical (unpaired) electrons. The first-order valence-corrected chi connectivity index (χ1v) is 9.29. The van der Waals surface area contributed by atoms with Gasteiger partial charge in [-0.05, 0) is 31.4 Å². The van der Waals surface area contributed by atoms with Crippen LogP contribution in [0.1, 0.15) is 19.3 Å². The molecule has 1 amide bonds. The molecule has 2 fully saturated rings. The maximum absolute atomic E-state index is 12.6. The van der Waals surface area contributed by atoms with Gasteiger partial charge in [-0.25, -0.2) is 8.42 Å². The van der Waals surface area contributed by atoms with Crippen LogP contribution in [0.3, 0.4) is 0 Å². The molecule has 6 heteroatoms. The van der Waals surface area contributed by atoms with Crippen LogP contribution >= 0.6 is 0 Å². The van der Waals surface area contributed by atoms with Gasteiger partial charge in [0.05, 0.1) is 23.4 Å². The minimum Gasteiger partial charge on any atom is -0.378 e. The minimum atomic E-state index is -3.33. The SMILES string of the molecule is O=C(C1CCC(S(=O)(=O)c2ccccc2)C1)N1CCOCC1. The molecule has 22 heavy (non-hydrogen) atoms. The van der Waals surface area contributed by atoms with E-state index in [0.29, 0.717) is 50.5 Å². The Balaban J connectivity index is 1.68. The van der Waals surface area contributed by atoms with Gasteiger partial charge < -0.3 is 9.64 Å². The summed E-state index contributed by atoms with van der Waals surface area (Å²) >= 11 is 0. The summed E-state index contributed by atoms with van der Waals surface area (Å²) in [5.41, 5.74) is 0. The lowest BCUT2D eigenvalue weighted by atomic mass is 10.1. The lowest BCUT2D eigenvalue weighted by Crippen LogP contribution is -2.43. The van der Waals surface area contributed by atoms with Crippen LogP contribution in [0, 0.1) is 5.92 Å². The largest absolute Gasteiger partial charge is 0.378 e. The molecule has 2 unspecified atom stereocenters. The molecular weight excluding hydrogens is 302 g/mol. The van der Waals surface area contributed by atoms with Gasteiger partial charge in [0.15, 0.2) is 9.84 Å². The van der Waals surface area contributed by atoms with E-state index in [1.54, 1.807) is 30.3 Å². The molecule has 0 spiro atoms. The number of morpholine rings is 1. The Morgan fingerprint density at radius 3 is 2.45 bits per heavy atom. The van der Waals surface area contributed by atoms with E-state index >= 15 is 0 Å². The lowest BCUT2D eigenvalue weighted by molar-refractivity contribution is -0.139. The summed E-state index contributed by atoms with van der Waals surface area (Å²) in [5, 5.41) is -0.440. The molecule has 1 aliphatic heterocycles. The molecule has 3 rings (SSSR count). The summed E-state index contributed by atoms with van der Waals surface area (Å²) in [6, 6.07) is 8.54. The van der Waals surface area contributed by atoms with Crippen molar-refractivity contribution in [3.63, 3.8) is 0 Å². The number of ether oxygens (including phenoxy) is 1. The molecule has 1 saturated carbocycles. The number of sulfone groups is 1. The van der Waals surface area contributed by atoms with Crippen LogP contribution < -0.4 is 0 Å².